The molecular weight excluding hydrogens is 290 g/mol. The first-order valence-electron chi connectivity index (χ1n) is 7.16. The maximum atomic E-state index is 12.9. The number of aliphatic hydroxyl groups is 1. The van der Waals surface area contributed by atoms with Gasteiger partial charge >= 0.3 is 0 Å². The van der Waals surface area contributed by atoms with Gasteiger partial charge in [-0.05, 0) is 36.0 Å². The summed E-state index contributed by atoms with van der Waals surface area (Å²) in [7, 11) is -2.15. The SMILES string of the molecule is COc1ccc(CO)cc1S(=O)(=O)N1CC(C)CC(C)C1. The third-order valence-corrected chi connectivity index (χ3v) is 5.72. The van der Waals surface area contributed by atoms with Crippen LogP contribution < -0.4 is 4.74 Å². The van der Waals surface area contributed by atoms with Crippen molar-refractivity contribution < 1.29 is 18.3 Å². The molecule has 0 saturated carbocycles. The maximum Gasteiger partial charge on any atom is 0.246 e. The Bertz CT molecular complexity index is 590. The minimum absolute atomic E-state index is 0.137. The topological polar surface area (TPSA) is 66.8 Å². The van der Waals surface area contributed by atoms with Crippen LogP contribution in [0, 0.1) is 11.8 Å². The van der Waals surface area contributed by atoms with Gasteiger partial charge in [0.05, 0.1) is 13.7 Å². The Balaban J connectivity index is 2.43. The summed E-state index contributed by atoms with van der Waals surface area (Å²) in [6.45, 7) is 5.00. The number of benzene rings is 1. The van der Waals surface area contributed by atoms with Gasteiger partial charge < -0.3 is 9.84 Å². The van der Waals surface area contributed by atoms with Crippen LogP contribution in [0.2, 0.25) is 0 Å². The first-order valence-corrected chi connectivity index (χ1v) is 8.60. The Morgan fingerprint density at radius 3 is 2.43 bits per heavy atom. The lowest BCUT2D eigenvalue weighted by atomic mass is 9.94. The lowest BCUT2D eigenvalue weighted by molar-refractivity contribution is 0.222. The largest absolute Gasteiger partial charge is 0.495 e. The second-order valence-electron chi connectivity index (χ2n) is 5.91. The fourth-order valence-electron chi connectivity index (χ4n) is 2.96. The van der Waals surface area contributed by atoms with Gasteiger partial charge in [0.2, 0.25) is 10.0 Å². The van der Waals surface area contributed by atoms with Gasteiger partial charge in [-0.2, -0.15) is 4.31 Å². The molecule has 1 aromatic carbocycles. The van der Waals surface area contributed by atoms with Gasteiger partial charge in [0, 0.05) is 13.1 Å². The van der Waals surface area contributed by atoms with Crippen LogP contribution in [0.1, 0.15) is 25.8 Å². The molecule has 0 bridgehead atoms. The van der Waals surface area contributed by atoms with Gasteiger partial charge in [-0.25, -0.2) is 8.42 Å². The minimum atomic E-state index is -3.61. The molecule has 118 valence electrons. The standard InChI is InChI=1S/C15H23NO4S/c1-11-6-12(2)9-16(8-11)21(18,19)15-7-13(10-17)4-5-14(15)20-3/h4-5,7,11-12,17H,6,8-10H2,1-3H3. The first kappa shape index (κ1) is 16.3. The van der Waals surface area contributed by atoms with E-state index in [2.05, 4.69) is 13.8 Å². The molecule has 2 unspecified atom stereocenters. The van der Waals surface area contributed by atoms with E-state index in [9.17, 15) is 13.5 Å². The van der Waals surface area contributed by atoms with E-state index in [0.717, 1.165) is 6.42 Å². The van der Waals surface area contributed by atoms with Crippen LogP contribution >= 0.6 is 0 Å². The van der Waals surface area contributed by atoms with Crippen molar-refractivity contribution >= 4 is 10.0 Å². The molecular formula is C15H23NO4S. The average molecular weight is 313 g/mol. The number of hydrogen-bond donors (Lipinski definition) is 1. The van der Waals surface area contributed by atoms with Crippen LogP contribution in [0.3, 0.4) is 0 Å². The number of ether oxygens (including phenoxy) is 1. The number of aliphatic hydroxyl groups excluding tert-OH is 1. The number of methoxy groups -OCH3 is 1. The summed E-state index contributed by atoms with van der Waals surface area (Å²) in [5.74, 6) is 1.00. The monoisotopic (exact) mass is 313 g/mol. The van der Waals surface area contributed by atoms with E-state index in [-0.39, 0.29) is 11.5 Å². The zero-order valence-corrected chi connectivity index (χ0v) is 13.6. The molecule has 0 radical (unpaired) electrons. The third-order valence-electron chi connectivity index (χ3n) is 3.86. The molecule has 1 fully saturated rings. The van der Waals surface area contributed by atoms with Crippen LogP contribution in [0.15, 0.2) is 23.1 Å². The molecule has 1 heterocycles. The van der Waals surface area contributed by atoms with E-state index in [0.29, 0.717) is 36.2 Å². The van der Waals surface area contributed by atoms with Crippen molar-refractivity contribution in [3.63, 3.8) is 0 Å². The molecule has 0 spiro atoms. The normalized spacial score (nSPS) is 24.0. The van der Waals surface area contributed by atoms with E-state index in [1.807, 2.05) is 0 Å². The van der Waals surface area contributed by atoms with Crippen molar-refractivity contribution in [1.82, 2.24) is 4.31 Å². The first-order chi connectivity index (χ1) is 9.88. The van der Waals surface area contributed by atoms with Gasteiger partial charge in [-0.3, -0.25) is 0 Å². The molecule has 21 heavy (non-hydrogen) atoms. The molecule has 1 saturated heterocycles. The lowest BCUT2D eigenvalue weighted by Crippen LogP contribution is -2.42. The Hall–Kier alpha value is -1.11. The Morgan fingerprint density at radius 1 is 1.29 bits per heavy atom. The third kappa shape index (κ3) is 3.39. The number of piperidine rings is 1. The molecule has 0 aromatic heterocycles. The summed E-state index contributed by atoms with van der Waals surface area (Å²) in [6.07, 6.45) is 1.04. The molecule has 1 aliphatic heterocycles. The van der Waals surface area contributed by atoms with E-state index in [1.54, 1.807) is 12.1 Å². The summed E-state index contributed by atoms with van der Waals surface area (Å²) in [5, 5.41) is 9.24. The average Bonchev–Trinajstić information content (AvgIpc) is 2.45. The van der Waals surface area contributed by atoms with Crippen LogP contribution in [-0.4, -0.2) is 38.0 Å². The van der Waals surface area contributed by atoms with E-state index in [4.69, 9.17) is 4.74 Å². The molecule has 2 atom stereocenters. The lowest BCUT2D eigenvalue weighted by Gasteiger charge is -2.34. The van der Waals surface area contributed by atoms with Crippen molar-refractivity contribution in [2.24, 2.45) is 11.8 Å². The zero-order valence-electron chi connectivity index (χ0n) is 12.7. The van der Waals surface area contributed by atoms with Gasteiger partial charge in [0.1, 0.15) is 10.6 Å². The predicted molar refractivity (Wildman–Crippen MR) is 80.6 cm³/mol. The van der Waals surface area contributed by atoms with Crippen LogP contribution in [0.4, 0.5) is 0 Å². The van der Waals surface area contributed by atoms with Gasteiger partial charge in [-0.15, -0.1) is 0 Å². The van der Waals surface area contributed by atoms with Crippen LogP contribution in [0.25, 0.3) is 0 Å². The maximum absolute atomic E-state index is 12.9. The second-order valence-corrected chi connectivity index (χ2v) is 7.82. The van der Waals surface area contributed by atoms with Crippen molar-refractivity contribution in [1.29, 1.82) is 0 Å². The van der Waals surface area contributed by atoms with Gasteiger partial charge in [0.25, 0.3) is 0 Å². The predicted octanol–water partition coefficient (Wildman–Crippen LogP) is 1.85. The zero-order chi connectivity index (χ0) is 15.6. The van der Waals surface area contributed by atoms with Crippen molar-refractivity contribution in [3.05, 3.63) is 23.8 Å². The highest BCUT2D eigenvalue weighted by molar-refractivity contribution is 7.89. The molecule has 2 rings (SSSR count). The summed E-state index contributed by atoms with van der Waals surface area (Å²) in [4.78, 5) is 0.137. The quantitative estimate of drug-likeness (QED) is 0.921. The fraction of sp³-hybridized carbons (Fsp3) is 0.600. The fourth-order valence-corrected chi connectivity index (χ4v) is 4.85. The van der Waals surface area contributed by atoms with Crippen LogP contribution in [0.5, 0.6) is 5.75 Å². The highest BCUT2D eigenvalue weighted by atomic mass is 32.2. The van der Waals surface area contributed by atoms with Gasteiger partial charge in [0.15, 0.2) is 0 Å². The molecule has 1 N–H and O–H groups in total. The Labute approximate surface area is 126 Å². The summed E-state index contributed by atoms with van der Waals surface area (Å²) in [5.41, 5.74) is 0.562. The van der Waals surface area contributed by atoms with E-state index < -0.39 is 10.0 Å². The van der Waals surface area contributed by atoms with E-state index >= 15 is 0 Å². The van der Waals surface area contributed by atoms with Crippen molar-refractivity contribution in [2.75, 3.05) is 20.2 Å². The van der Waals surface area contributed by atoms with Crippen molar-refractivity contribution in [3.8, 4) is 5.75 Å². The minimum Gasteiger partial charge on any atom is -0.495 e. The summed E-state index contributed by atoms with van der Waals surface area (Å²) in [6, 6.07) is 4.76. The highest BCUT2D eigenvalue weighted by Gasteiger charge is 2.33. The summed E-state index contributed by atoms with van der Waals surface area (Å²) >= 11 is 0. The number of sulfonamides is 1. The number of hydrogen-bond acceptors (Lipinski definition) is 4. The van der Waals surface area contributed by atoms with Crippen LogP contribution in [-0.2, 0) is 16.6 Å². The molecule has 1 aliphatic rings. The summed E-state index contributed by atoms with van der Waals surface area (Å²) < 4.78 is 32.5. The number of nitrogens with zero attached hydrogens (tertiary/aromatic N) is 1. The van der Waals surface area contributed by atoms with Crippen molar-refractivity contribution in [2.45, 2.75) is 31.8 Å². The Kier molecular flexibility index (Phi) is 4.91. The Morgan fingerprint density at radius 2 is 1.90 bits per heavy atom. The molecule has 5 nitrogen and oxygen atoms in total. The molecule has 1 aromatic rings. The molecule has 6 heteroatoms. The molecule has 0 aliphatic carbocycles. The molecule has 0 amide bonds. The smallest absolute Gasteiger partial charge is 0.246 e. The number of rotatable bonds is 4. The van der Waals surface area contributed by atoms with E-state index in [1.165, 1.54) is 17.5 Å². The second kappa shape index (κ2) is 6.34. The van der Waals surface area contributed by atoms with Gasteiger partial charge in [-0.1, -0.05) is 19.9 Å². The highest BCUT2D eigenvalue weighted by Crippen LogP contribution is 2.31.